The van der Waals surface area contributed by atoms with Crippen molar-refractivity contribution in [2.24, 2.45) is 0 Å². The SMILES string of the molecule is OBOc1ccc2c(c1)-c1ccccc1-c1cc(B(O)O)ccc1O2. The van der Waals surface area contributed by atoms with Crippen molar-refractivity contribution in [2.75, 3.05) is 0 Å². The van der Waals surface area contributed by atoms with Gasteiger partial charge < -0.3 is 24.5 Å². The second-order valence-electron chi connectivity index (χ2n) is 5.71. The largest absolute Gasteiger partial charge is 0.539 e. The van der Waals surface area contributed by atoms with Gasteiger partial charge in [-0.2, -0.15) is 0 Å². The highest BCUT2D eigenvalue weighted by atomic mass is 16.5. The molecule has 0 spiro atoms. The van der Waals surface area contributed by atoms with Crippen LogP contribution in [0.2, 0.25) is 0 Å². The summed E-state index contributed by atoms with van der Waals surface area (Å²) in [7, 11) is -1.95. The predicted molar refractivity (Wildman–Crippen MR) is 97.2 cm³/mol. The Bertz CT molecular complexity index is 942. The van der Waals surface area contributed by atoms with Crippen LogP contribution in [0.25, 0.3) is 22.3 Å². The van der Waals surface area contributed by atoms with Gasteiger partial charge in [-0.15, -0.1) is 0 Å². The number of rotatable bonds is 3. The summed E-state index contributed by atoms with van der Waals surface area (Å²) < 4.78 is 11.3. The van der Waals surface area contributed by atoms with Crippen LogP contribution in [0.5, 0.6) is 17.2 Å². The Kier molecular flexibility index (Phi) is 3.97. The molecule has 3 aromatic carbocycles. The third-order valence-electron chi connectivity index (χ3n) is 4.21. The van der Waals surface area contributed by atoms with Crippen molar-refractivity contribution in [2.45, 2.75) is 0 Å². The summed E-state index contributed by atoms with van der Waals surface area (Å²) in [5.74, 6) is 1.83. The van der Waals surface area contributed by atoms with Crippen molar-refractivity contribution in [1.82, 2.24) is 0 Å². The van der Waals surface area contributed by atoms with Crippen LogP contribution in [0, 0.1) is 0 Å². The highest BCUT2D eigenvalue weighted by Gasteiger charge is 2.23. The van der Waals surface area contributed by atoms with Crippen LogP contribution < -0.4 is 14.9 Å². The standard InChI is InChI=1S/C18H14B2O5/c21-19-25-12-6-8-18-16(10-12)14-4-2-1-3-13(14)15-9-11(20(22)23)5-7-17(15)24-18/h1-10,19,21-23H. The van der Waals surface area contributed by atoms with Gasteiger partial charge >= 0.3 is 14.8 Å². The Morgan fingerprint density at radius 2 is 1.44 bits per heavy atom. The molecule has 7 heteroatoms. The third-order valence-corrected chi connectivity index (χ3v) is 4.21. The molecule has 122 valence electrons. The van der Waals surface area contributed by atoms with Crippen molar-refractivity contribution >= 4 is 20.3 Å². The second-order valence-corrected chi connectivity index (χ2v) is 5.71. The molecule has 0 bridgehead atoms. The molecule has 0 aromatic heterocycles. The maximum Gasteiger partial charge on any atom is 0.504 e. The zero-order valence-corrected chi connectivity index (χ0v) is 13.2. The lowest BCUT2D eigenvalue weighted by Crippen LogP contribution is -2.29. The summed E-state index contributed by atoms with van der Waals surface area (Å²) in [6.07, 6.45) is 0. The van der Waals surface area contributed by atoms with Crippen LogP contribution in [0.1, 0.15) is 0 Å². The highest BCUT2D eigenvalue weighted by Crippen LogP contribution is 2.47. The van der Waals surface area contributed by atoms with Gasteiger partial charge in [0.15, 0.2) is 0 Å². The minimum absolute atomic E-state index is 0.396. The lowest BCUT2D eigenvalue weighted by Gasteiger charge is -2.11. The van der Waals surface area contributed by atoms with Crippen LogP contribution in [-0.2, 0) is 0 Å². The lowest BCUT2D eigenvalue weighted by atomic mass is 9.78. The molecule has 3 N–H and O–H groups in total. The summed E-state index contributed by atoms with van der Waals surface area (Å²) in [5, 5.41) is 28.0. The number of benzene rings is 3. The number of fused-ring (bicyclic) bond motifs is 5. The van der Waals surface area contributed by atoms with Crippen molar-refractivity contribution < 1.29 is 24.5 Å². The van der Waals surface area contributed by atoms with Gasteiger partial charge in [-0.05, 0) is 40.9 Å². The molecule has 0 fully saturated rings. The Labute approximate surface area is 145 Å². The molecular formula is C18H14B2O5. The fourth-order valence-electron chi connectivity index (χ4n) is 3.05. The molecule has 25 heavy (non-hydrogen) atoms. The smallest absolute Gasteiger partial charge is 0.504 e. The van der Waals surface area contributed by atoms with Gasteiger partial charge in [0.05, 0.1) is 0 Å². The fraction of sp³-hybridized carbons (Fsp3) is 0. The zero-order chi connectivity index (χ0) is 17.4. The fourth-order valence-corrected chi connectivity index (χ4v) is 3.05. The van der Waals surface area contributed by atoms with E-state index in [9.17, 15) is 10.0 Å². The van der Waals surface area contributed by atoms with E-state index in [1.54, 1.807) is 30.3 Å². The maximum atomic E-state index is 9.49. The Morgan fingerprint density at radius 3 is 2.08 bits per heavy atom. The first-order chi connectivity index (χ1) is 12.2. The van der Waals surface area contributed by atoms with Gasteiger partial charge in [0.25, 0.3) is 0 Å². The Morgan fingerprint density at radius 1 is 0.800 bits per heavy atom. The van der Waals surface area contributed by atoms with E-state index >= 15 is 0 Å². The van der Waals surface area contributed by atoms with E-state index in [-0.39, 0.29) is 0 Å². The topological polar surface area (TPSA) is 79.2 Å². The van der Waals surface area contributed by atoms with E-state index in [4.69, 9.17) is 14.4 Å². The minimum Gasteiger partial charge on any atom is -0.539 e. The van der Waals surface area contributed by atoms with E-state index in [0.29, 0.717) is 22.7 Å². The molecule has 5 nitrogen and oxygen atoms in total. The molecule has 4 rings (SSSR count). The summed E-state index contributed by atoms with van der Waals surface area (Å²) in [5.41, 5.74) is 3.86. The summed E-state index contributed by atoms with van der Waals surface area (Å²) in [4.78, 5) is 0. The van der Waals surface area contributed by atoms with Crippen molar-refractivity contribution in [3.05, 3.63) is 60.7 Å². The summed E-state index contributed by atoms with van der Waals surface area (Å²) in [6.45, 7) is 0. The molecular weight excluding hydrogens is 318 g/mol. The monoisotopic (exact) mass is 332 g/mol. The highest BCUT2D eigenvalue weighted by molar-refractivity contribution is 6.58. The first kappa shape index (κ1) is 15.8. The average Bonchev–Trinajstić information content (AvgIpc) is 2.76. The van der Waals surface area contributed by atoms with Crippen LogP contribution in [0.15, 0.2) is 60.7 Å². The van der Waals surface area contributed by atoms with Gasteiger partial charge in [0.1, 0.15) is 17.2 Å². The molecule has 3 aromatic rings. The summed E-state index contributed by atoms with van der Waals surface area (Å²) in [6, 6.07) is 18.2. The van der Waals surface area contributed by atoms with Gasteiger partial charge in [-0.3, -0.25) is 0 Å². The van der Waals surface area contributed by atoms with Crippen LogP contribution in [-0.4, -0.2) is 29.9 Å². The Balaban J connectivity index is 1.97. The molecule has 0 radical (unpaired) electrons. The van der Waals surface area contributed by atoms with Crippen LogP contribution >= 0.6 is 0 Å². The first-order valence-corrected chi connectivity index (χ1v) is 7.83. The lowest BCUT2D eigenvalue weighted by molar-refractivity contribution is 0.425. The van der Waals surface area contributed by atoms with E-state index in [0.717, 1.165) is 22.3 Å². The second kappa shape index (κ2) is 6.29. The molecule has 0 amide bonds. The molecule has 1 aliphatic heterocycles. The first-order valence-electron chi connectivity index (χ1n) is 7.83. The quantitative estimate of drug-likeness (QED) is 0.495. The van der Waals surface area contributed by atoms with E-state index in [1.165, 1.54) is 0 Å². The van der Waals surface area contributed by atoms with E-state index in [2.05, 4.69) is 0 Å². The number of ether oxygens (including phenoxy) is 1. The van der Waals surface area contributed by atoms with Crippen molar-refractivity contribution in [1.29, 1.82) is 0 Å². The third kappa shape index (κ3) is 2.78. The molecule has 1 heterocycles. The van der Waals surface area contributed by atoms with E-state index in [1.807, 2.05) is 30.3 Å². The maximum absolute atomic E-state index is 9.49. The van der Waals surface area contributed by atoms with Crippen LogP contribution in [0.4, 0.5) is 0 Å². The predicted octanol–water partition coefficient (Wildman–Crippen LogP) is 1.44. The van der Waals surface area contributed by atoms with Crippen molar-refractivity contribution in [3.63, 3.8) is 0 Å². The van der Waals surface area contributed by atoms with Gasteiger partial charge in [0, 0.05) is 11.1 Å². The number of hydrogen-bond acceptors (Lipinski definition) is 5. The molecule has 0 saturated carbocycles. The minimum atomic E-state index is -1.55. The van der Waals surface area contributed by atoms with Crippen molar-refractivity contribution in [3.8, 4) is 39.5 Å². The van der Waals surface area contributed by atoms with Gasteiger partial charge in [-0.25, -0.2) is 0 Å². The Hall–Kier alpha value is -2.73. The normalized spacial score (nSPS) is 11.3. The number of hydrogen-bond donors (Lipinski definition) is 3. The molecule has 1 aliphatic rings. The molecule has 0 aliphatic carbocycles. The summed E-state index contributed by atoms with van der Waals surface area (Å²) >= 11 is 0. The zero-order valence-electron chi connectivity index (χ0n) is 13.2. The van der Waals surface area contributed by atoms with Gasteiger partial charge in [0.2, 0.25) is 0 Å². The molecule has 0 unspecified atom stereocenters. The molecule has 0 saturated heterocycles. The average molecular weight is 332 g/mol. The van der Waals surface area contributed by atoms with Crippen LogP contribution in [0.3, 0.4) is 0 Å². The van der Waals surface area contributed by atoms with Gasteiger partial charge in [-0.1, -0.05) is 36.4 Å². The van der Waals surface area contributed by atoms with E-state index < -0.39 is 14.8 Å². The molecule has 0 atom stereocenters.